The molecule has 2 heterocycles. The summed E-state index contributed by atoms with van der Waals surface area (Å²) >= 11 is 0. The Bertz CT molecular complexity index is 690. The molecule has 2 atom stereocenters. The summed E-state index contributed by atoms with van der Waals surface area (Å²) in [6.45, 7) is 3.81. The van der Waals surface area contributed by atoms with Crippen molar-refractivity contribution in [3.63, 3.8) is 0 Å². The molecule has 5 nitrogen and oxygen atoms in total. The summed E-state index contributed by atoms with van der Waals surface area (Å²) < 4.78 is 0. The number of para-hydroxylation sites is 1. The molecule has 2 N–H and O–H groups in total. The van der Waals surface area contributed by atoms with Crippen molar-refractivity contribution in [2.45, 2.75) is 44.8 Å². The molecular formula is C21H28N4O. The van der Waals surface area contributed by atoms with Crippen LogP contribution in [-0.2, 0) is 11.3 Å². The van der Waals surface area contributed by atoms with Gasteiger partial charge in [-0.2, -0.15) is 0 Å². The van der Waals surface area contributed by atoms with Crippen LogP contribution in [0.2, 0.25) is 0 Å². The molecule has 1 aliphatic heterocycles. The molecule has 26 heavy (non-hydrogen) atoms. The Balaban J connectivity index is 1.77. The van der Waals surface area contributed by atoms with Crippen LogP contribution in [0.15, 0.2) is 54.9 Å². The molecule has 0 bridgehead atoms. The van der Waals surface area contributed by atoms with Crippen LogP contribution in [0.25, 0.3) is 0 Å². The number of pyridine rings is 1. The van der Waals surface area contributed by atoms with Crippen LogP contribution < -0.4 is 10.6 Å². The van der Waals surface area contributed by atoms with E-state index in [2.05, 4.69) is 9.88 Å². The number of aromatic nitrogens is 1. The molecule has 1 amide bonds. The fourth-order valence-electron chi connectivity index (χ4n) is 3.66. The summed E-state index contributed by atoms with van der Waals surface area (Å²) in [5.41, 5.74) is 8.28. The predicted molar refractivity (Wildman–Crippen MR) is 105 cm³/mol. The van der Waals surface area contributed by atoms with Gasteiger partial charge in [-0.15, -0.1) is 0 Å². The molecule has 0 spiro atoms. The molecule has 0 saturated carbocycles. The second-order valence-electron chi connectivity index (χ2n) is 7.06. The number of carbonyl (C=O) groups is 1. The summed E-state index contributed by atoms with van der Waals surface area (Å²) in [5.74, 6) is 0.153. The average molecular weight is 352 g/mol. The van der Waals surface area contributed by atoms with E-state index in [0.717, 1.165) is 37.1 Å². The van der Waals surface area contributed by atoms with Crippen LogP contribution in [0.3, 0.4) is 0 Å². The topological polar surface area (TPSA) is 62.5 Å². The Labute approximate surface area is 155 Å². The van der Waals surface area contributed by atoms with Gasteiger partial charge in [-0.1, -0.05) is 24.3 Å². The maximum Gasteiger partial charge on any atom is 0.242 e. The van der Waals surface area contributed by atoms with E-state index in [1.807, 2.05) is 60.5 Å². The molecular weight excluding hydrogens is 324 g/mol. The monoisotopic (exact) mass is 352 g/mol. The second-order valence-corrected chi connectivity index (χ2v) is 7.06. The van der Waals surface area contributed by atoms with Gasteiger partial charge in [-0.25, -0.2) is 0 Å². The molecule has 5 heteroatoms. The van der Waals surface area contributed by atoms with Gasteiger partial charge in [0.1, 0.15) is 0 Å². The smallest absolute Gasteiger partial charge is 0.242 e. The molecule has 1 fully saturated rings. The standard InChI is InChI=1S/C21H28N4O/c1-17(22)20-11-5-6-13-25(20)21(26)16-24(19-9-3-2-4-10-19)15-18-8-7-12-23-14-18/h2-4,7-10,12,14,17,20H,5-6,11,13,15-16,22H2,1H3. The molecule has 1 saturated heterocycles. The largest absolute Gasteiger partial charge is 0.358 e. The SMILES string of the molecule is CC(N)C1CCCCN1C(=O)CN(Cc1cccnc1)c1ccccc1. The van der Waals surface area contributed by atoms with Gasteiger partial charge in [0.2, 0.25) is 5.91 Å². The zero-order valence-electron chi connectivity index (χ0n) is 15.4. The number of likely N-dealkylation sites (tertiary alicyclic amines) is 1. The number of carbonyl (C=O) groups excluding carboxylic acids is 1. The number of hydrogen-bond acceptors (Lipinski definition) is 4. The van der Waals surface area contributed by atoms with Crippen LogP contribution in [0.1, 0.15) is 31.7 Å². The van der Waals surface area contributed by atoms with Crippen LogP contribution in [0, 0.1) is 0 Å². The zero-order valence-corrected chi connectivity index (χ0v) is 15.4. The van der Waals surface area contributed by atoms with Gasteiger partial charge in [-0.05, 0) is 49.9 Å². The first-order valence-corrected chi connectivity index (χ1v) is 9.39. The molecule has 1 aliphatic rings. The summed E-state index contributed by atoms with van der Waals surface area (Å²) in [4.78, 5) is 21.4. The lowest BCUT2D eigenvalue weighted by molar-refractivity contribution is -0.133. The van der Waals surface area contributed by atoms with Gasteiger partial charge in [-0.3, -0.25) is 9.78 Å². The van der Waals surface area contributed by atoms with E-state index in [9.17, 15) is 4.79 Å². The van der Waals surface area contributed by atoms with Gasteiger partial charge >= 0.3 is 0 Å². The van der Waals surface area contributed by atoms with E-state index in [-0.39, 0.29) is 18.0 Å². The summed E-state index contributed by atoms with van der Waals surface area (Å²) in [6, 6.07) is 14.2. The summed E-state index contributed by atoms with van der Waals surface area (Å²) in [7, 11) is 0. The summed E-state index contributed by atoms with van der Waals surface area (Å²) in [6.07, 6.45) is 6.82. The van der Waals surface area contributed by atoms with Crippen molar-refractivity contribution in [1.29, 1.82) is 0 Å². The van der Waals surface area contributed by atoms with Gasteiger partial charge in [0.25, 0.3) is 0 Å². The minimum absolute atomic E-state index is 0.00255. The van der Waals surface area contributed by atoms with Crippen LogP contribution in [0.5, 0.6) is 0 Å². The predicted octanol–water partition coefficient (Wildman–Crippen LogP) is 2.82. The van der Waals surface area contributed by atoms with Crippen molar-refractivity contribution in [3.8, 4) is 0 Å². The fraction of sp³-hybridized carbons (Fsp3) is 0.429. The van der Waals surface area contributed by atoms with Crippen molar-refractivity contribution in [2.75, 3.05) is 18.0 Å². The number of hydrogen-bond donors (Lipinski definition) is 1. The normalized spacial score (nSPS) is 18.4. The van der Waals surface area contributed by atoms with Crippen LogP contribution in [0.4, 0.5) is 5.69 Å². The van der Waals surface area contributed by atoms with Gasteiger partial charge in [0, 0.05) is 43.3 Å². The lowest BCUT2D eigenvalue weighted by Crippen LogP contribution is -2.54. The number of amides is 1. The van der Waals surface area contributed by atoms with Crippen LogP contribution in [-0.4, -0.2) is 41.0 Å². The van der Waals surface area contributed by atoms with E-state index < -0.39 is 0 Å². The highest BCUT2D eigenvalue weighted by Crippen LogP contribution is 2.21. The minimum Gasteiger partial charge on any atom is -0.358 e. The molecule has 0 aliphatic carbocycles. The minimum atomic E-state index is 0.00255. The number of nitrogens with two attached hydrogens (primary N) is 1. The zero-order chi connectivity index (χ0) is 18.4. The number of anilines is 1. The first kappa shape index (κ1) is 18.4. The number of benzene rings is 1. The van der Waals surface area contributed by atoms with Crippen LogP contribution >= 0.6 is 0 Å². The highest BCUT2D eigenvalue weighted by Gasteiger charge is 2.30. The molecule has 138 valence electrons. The maximum atomic E-state index is 13.1. The second kappa shape index (κ2) is 8.81. The Kier molecular flexibility index (Phi) is 6.23. The lowest BCUT2D eigenvalue weighted by atomic mass is 9.97. The number of nitrogens with zero attached hydrogens (tertiary/aromatic N) is 3. The molecule has 2 unspecified atom stereocenters. The maximum absolute atomic E-state index is 13.1. The third-order valence-electron chi connectivity index (χ3n) is 5.02. The van der Waals surface area contributed by atoms with Crippen molar-refractivity contribution < 1.29 is 4.79 Å². The Morgan fingerprint density at radius 1 is 1.27 bits per heavy atom. The van der Waals surface area contributed by atoms with Crippen molar-refractivity contribution in [2.24, 2.45) is 5.73 Å². The molecule has 2 aromatic rings. The Morgan fingerprint density at radius 2 is 2.08 bits per heavy atom. The van der Waals surface area contributed by atoms with E-state index in [4.69, 9.17) is 5.73 Å². The first-order valence-electron chi connectivity index (χ1n) is 9.39. The fourth-order valence-corrected chi connectivity index (χ4v) is 3.66. The van der Waals surface area contributed by atoms with Crippen molar-refractivity contribution in [1.82, 2.24) is 9.88 Å². The third kappa shape index (κ3) is 4.61. The number of piperidine rings is 1. The number of rotatable bonds is 6. The van der Waals surface area contributed by atoms with Crippen molar-refractivity contribution in [3.05, 3.63) is 60.4 Å². The van der Waals surface area contributed by atoms with Gasteiger partial charge in [0.05, 0.1) is 6.54 Å². The lowest BCUT2D eigenvalue weighted by Gasteiger charge is -2.39. The van der Waals surface area contributed by atoms with Gasteiger partial charge < -0.3 is 15.5 Å². The molecule has 3 rings (SSSR count). The van der Waals surface area contributed by atoms with E-state index in [1.54, 1.807) is 6.20 Å². The molecule has 1 aromatic carbocycles. The van der Waals surface area contributed by atoms with E-state index in [1.165, 1.54) is 0 Å². The Hall–Kier alpha value is -2.40. The summed E-state index contributed by atoms with van der Waals surface area (Å²) in [5, 5.41) is 0. The average Bonchev–Trinajstić information content (AvgIpc) is 2.69. The highest BCUT2D eigenvalue weighted by atomic mass is 16.2. The van der Waals surface area contributed by atoms with Crippen molar-refractivity contribution >= 4 is 11.6 Å². The highest BCUT2D eigenvalue weighted by molar-refractivity contribution is 5.82. The van der Waals surface area contributed by atoms with E-state index in [0.29, 0.717) is 13.1 Å². The quantitative estimate of drug-likeness (QED) is 0.868. The third-order valence-corrected chi connectivity index (χ3v) is 5.02. The van der Waals surface area contributed by atoms with E-state index >= 15 is 0 Å². The Morgan fingerprint density at radius 3 is 2.77 bits per heavy atom. The molecule has 1 aromatic heterocycles. The van der Waals surface area contributed by atoms with Gasteiger partial charge in [0.15, 0.2) is 0 Å². The molecule has 0 radical (unpaired) electrons. The first-order chi connectivity index (χ1) is 12.6.